The van der Waals surface area contributed by atoms with Gasteiger partial charge in [-0.3, -0.25) is 4.79 Å². The van der Waals surface area contributed by atoms with Crippen LogP contribution in [0.4, 0.5) is 24.5 Å². The highest BCUT2D eigenvalue weighted by atomic mass is 19.4. The molecule has 0 bridgehead atoms. The Bertz CT molecular complexity index is 1270. The third-order valence-electron chi connectivity index (χ3n) is 5.64. The van der Waals surface area contributed by atoms with Gasteiger partial charge in [0, 0.05) is 36.6 Å². The third-order valence-corrected chi connectivity index (χ3v) is 5.64. The summed E-state index contributed by atoms with van der Waals surface area (Å²) in [5.41, 5.74) is 3.53. The molecule has 0 fully saturated rings. The number of anilines is 2. The van der Waals surface area contributed by atoms with E-state index in [0.717, 1.165) is 37.5 Å². The summed E-state index contributed by atoms with van der Waals surface area (Å²) in [5.74, 6) is -0.337. The van der Waals surface area contributed by atoms with Gasteiger partial charge in [-0.2, -0.15) is 13.2 Å². The van der Waals surface area contributed by atoms with E-state index in [2.05, 4.69) is 28.1 Å². The zero-order chi connectivity index (χ0) is 25.4. The van der Waals surface area contributed by atoms with Crippen molar-refractivity contribution in [1.82, 2.24) is 5.32 Å². The van der Waals surface area contributed by atoms with E-state index >= 15 is 0 Å². The van der Waals surface area contributed by atoms with Crippen LogP contribution in [0.3, 0.4) is 0 Å². The van der Waals surface area contributed by atoms with Crippen LogP contribution in [0.15, 0.2) is 103 Å². The average Bonchev–Trinajstić information content (AvgIpc) is 2.89. The normalized spacial score (nSPS) is 11.2. The van der Waals surface area contributed by atoms with Crippen molar-refractivity contribution >= 4 is 17.3 Å². The molecule has 7 heteroatoms. The maximum Gasteiger partial charge on any atom is 0.416 e. The van der Waals surface area contributed by atoms with Gasteiger partial charge in [0.1, 0.15) is 0 Å². The number of halogens is 3. The predicted molar refractivity (Wildman–Crippen MR) is 138 cm³/mol. The lowest BCUT2D eigenvalue weighted by atomic mass is 9.98. The van der Waals surface area contributed by atoms with Gasteiger partial charge in [-0.1, -0.05) is 60.7 Å². The second-order valence-electron chi connectivity index (χ2n) is 8.24. The van der Waals surface area contributed by atoms with E-state index in [1.165, 1.54) is 17.7 Å². The summed E-state index contributed by atoms with van der Waals surface area (Å²) in [4.78, 5) is 13.0. The van der Waals surface area contributed by atoms with Gasteiger partial charge in [-0.05, 0) is 59.2 Å². The monoisotopic (exact) mass is 489 g/mol. The molecule has 0 aliphatic heterocycles. The molecule has 0 aliphatic rings. The average molecular weight is 490 g/mol. The fraction of sp³-hybridized carbons (Fsp3) is 0.138. The molecule has 1 amide bonds. The van der Waals surface area contributed by atoms with Crippen molar-refractivity contribution in [3.8, 4) is 11.1 Å². The molecule has 0 aromatic heterocycles. The van der Waals surface area contributed by atoms with Crippen molar-refractivity contribution in [1.29, 1.82) is 0 Å². The van der Waals surface area contributed by atoms with E-state index in [1.54, 1.807) is 36.4 Å². The Morgan fingerprint density at radius 3 is 2.03 bits per heavy atom. The van der Waals surface area contributed by atoms with Gasteiger partial charge in [-0.25, -0.2) is 0 Å². The molecule has 0 aliphatic carbocycles. The lowest BCUT2D eigenvalue weighted by molar-refractivity contribution is -0.137. The van der Waals surface area contributed by atoms with Crippen LogP contribution in [-0.2, 0) is 12.7 Å². The van der Waals surface area contributed by atoms with E-state index in [4.69, 9.17) is 0 Å². The van der Waals surface area contributed by atoms with Crippen molar-refractivity contribution in [2.75, 3.05) is 23.7 Å². The summed E-state index contributed by atoms with van der Waals surface area (Å²) in [6.45, 7) is 2.36. The Hall–Kier alpha value is -4.10. The lowest BCUT2D eigenvalue weighted by Crippen LogP contribution is -2.21. The topological polar surface area (TPSA) is 53.2 Å². The first-order valence-electron chi connectivity index (χ1n) is 11.6. The maximum atomic E-state index is 13.0. The Morgan fingerprint density at radius 1 is 0.694 bits per heavy atom. The highest BCUT2D eigenvalue weighted by molar-refractivity contribution is 6.08. The third kappa shape index (κ3) is 6.73. The van der Waals surface area contributed by atoms with Gasteiger partial charge in [-0.15, -0.1) is 0 Å². The molecule has 3 N–H and O–H groups in total. The summed E-state index contributed by atoms with van der Waals surface area (Å²) in [7, 11) is 0. The molecule has 36 heavy (non-hydrogen) atoms. The van der Waals surface area contributed by atoms with Crippen molar-refractivity contribution in [2.45, 2.75) is 12.7 Å². The number of amides is 1. The molecule has 4 aromatic rings. The van der Waals surface area contributed by atoms with E-state index in [-0.39, 0.29) is 5.91 Å². The van der Waals surface area contributed by atoms with Gasteiger partial charge in [0.05, 0.1) is 5.56 Å². The Morgan fingerprint density at radius 2 is 1.33 bits per heavy atom. The number of carbonyl (C=O) groups is 1. The molecule has 0 spiro atoms. The molecule has 184 valence electrons. The highest BCUT2D eigenvalue weighted by Crippen LogP contribution is 2.32. The zero-order valence-corrected chi connectivity index (χ0v) is 19.5. The molecule has 0 radical (unpaired) electrons. The maximum absolute atomic E-state index is 13.0. The number of hydrogen-bond acceptors (Lipinski definition) is 3. The lowest BCUT2D eigenvalue weighted by Gasteiger charge is -2.13. The first kappa shape index (κ1) is 25.0. The summed E-state index contributed by atoms with van der Waals surface area (Å²) < 4.78 is 38.7. The van der Waals surface area contributed by atoms with Crippen LogP contribution < -0.4 is 16.0 Å². The fourth-order valence-electron chi connectivity index (χ4n) is 3.77. The van der Waals surface area contributed by atoms with E-state index in [1.807, 2.05) is 30.3 Å². The van der Waals surface area contributed by atoms with Crippen LogP contribution >= 0.6 is 0 Å². The van der Waals surface area contributed by atoms with E-state index < -0.39 is 11.7 Å². The minimum atomic E-state index is -4.41. The largest absolute Gasteiger partial charge is 0.416 e. The second kappa shape index (κ2) is 11.6. The predicted octanol–water partition coefficient (Wildman–Crippen LogP) is 6.83. The smallest absolute Gasteiger partial charge is 0.384 e. The number of carbonyl (C=O) groups excluding carboxylic acids is 1. The van der Waals surface area contributed by atoms with Gasteiger partial charge >= 0.3 is 6.18 Å². The molecule has 0 saturated heterocycles. The Balaban J connectivity index is 1.32. The molecular formula is C29H26F3N3O. The van der Waals surface area contributed by atoms with Crippen LogP contribution in [0.1, 0.15) is 21.5 Å². The number of hydrogen-bond donors (Lipinski definition) is 3. The summed E-state index contributed by atoms with van der Waals surface area (Å²) in [6.07, 6.45) is -4.41. The number of nitrogens with one attached hydrogen (secondary N) is 3. The molecule has 0 saturated carbocycles. The Kier molecular flexibility index (Phi) is 8.02. The first-order valence-corrected chi connectivity index (χ1v) is 11.6. The highest BCUT2D eigenvalue weighted by Gasteiger charge is 2.30. The SMILES string of the molecule is O=C(Nc1ccc(NCCNCc2ccccc2)cc1)c1ccccc1-c1ccc(C(F)(F)F)cc1. The van der Waals surface area contributed by atoms with E-state index in [0.29, 0.717) is 22.4 Å². The van der Waals surface area contributed by atoms with Gasteiger partial charge in [0.15, 0.2) is 0 Å². The first-order chi connectivity index (χ1) is 17.4. The molecular weight excluding hydrogens is 463 g/mol. The minimum absolute atomic E-state index is 0.337. The van der Waals surface area contributed by atoms with Crippen molar-refractivity contribution in [3.05, 3.63) is 120 Å². The van der Waals surface area contributed by atoms with E-state index in [9.17, 15) is 18.0 Å². The standard InChI is InChI=1S/C29H26F3N3O/c30-29(31,32)23-12-10-22(11-13-23)26-8-4-5-9-27(26)28(36)35-25-16-14-24(15-17-25)34-19-18-33-20-21-6-2-1-3-7-21/h1-17,33-34H,18-20H2,(H,35,36). The number of benzene rings is 4. The van der Waals surface area contributed by atoms with Crippen LogP contribution in [0.25, 0.3) is 11.1 Å². The van der Waals surface area contributed by atoms with Gasteiger partial charge in [0.2, 0.25) is 0 Å². The number of rotatable bonds is 9. The molecule has 0 heterocycles. The second-order valence-corrected chi connectivity index (χ2v) is 8.24. The molecule has 4 aromatic carbocycles. The zero-order valence-electron chi connectivity index (χ0n) is 19.5. The van der Waals surface area contributed by atoms with Crippen LogP contribution in [0, 0.1) is 0 Å². The van der Waals surface area contributed by atoms with Crippen molar-refractivity contribution < 1.29 is 18.0 Å². The van der Waals surface area contributed by atoms with Gasteiger partial charge < -0.3 is 16.0 Å². The van der Waals surface area contributed by atoms with Crippen LogP contribution in [0.2, 0.25) is 0 Å². The molecule has 4 nitrogen and oxygen atoms in total. The Labute approximate surface area is 208 Å². The molecule has 0 unspecified atom stereocenters. The summed E-state index contributed by atoms with van der Waals surface area (Å²) in [5, 5.41) is 9.58. The molecule has 0 atom stereocenters. The summed E-state index contributed by atoms with van der Waals surface area (Å²) in [6, 6.07) is 29.2. The fourth-order valence-corrected chi connectivity index (χ4v) is 3.77. The van der Waals surface area contributed by atoms with Crippen LogP contribution in [-0.4, -0.2) is 19.0 Å². The van der Waals surface area contributed by atoms with Gasteiger partial charge in [0.25, 0.3) is 5.91 Å². The van der Waals surface area contributed by atoms with Crippen molar-refractivity contribution in [2.24, 2.45) is 0 Å². The van der Waals surface area contributed by atoms with Crippen molar-refractivity contribution in [3.63, 3.8) is 0 Å². The summed E-state index contributed by atoms with van der Waals surface area (Å²) >= 11 is 0. The van der Waals surface area contributed by atoms with Crippen LogP contribution in [0.5, 0.6) is 0 Å². The molecule has 4 rings (SSSR count). The quantitative estimate of drug-likeness (QED) is 0.226. The minimum Gasteiger partial charge on any atom is -0.384 e. The number of alkyl halides is 3.